The van der Waals surface area contributed by atoms with E-state index in [0.717, 1.165) is 0 Å². The van der Waals surface area contributed by atoms with Crippen LogP contribution in [0.1, 0.15) is 10.5 Å². The number of halogens is 1. The van der Waals surface area contributed by atoms with Crippen LogP contribution in [0.4, 0.5) is 11.4 Å². The van der Waals surface area contributed by atoms with Gasteiger partial charge >= 0.3 is 0 Å². The molecule has 0 saturated carbocycles. The summed E-state index contributed by atoms with van der Waals surface area (Å²) in [5, 5.41) is 8.88. The molecule has 0 radical (unpaired) electrons. The summed E-state index contributed by atoms with van der Waals surface area (Å²) in [6, 6.07) is 1.68. The predicted molar refractivity (Wildman–Crippen MR) is 62.9 cm³/mol. The first kappa shape index (κ1) is 10.6. The number of aromatic amines is 1. The van der Waals surface area contributed by atoms with Gasteiger partial charge in [-0.15, -0.1) is 0 Å². The van der Waals surface area contributed by atoms with Crippen molar-refractivity contribution < 1.29 is 4.79 Å². The Bertz CT molecular complexity index is 524. The van der Waals surface area contributed by atoms with Crippen molar-refractivity contribution in [2.45, 2.75) is 0 Å². The van der Waals surface area contributed by atoms with Crippen LogP contribution in [0.5, 0.6) is 0 Å². The molecule has 2 aromatic heterocycles. The monoisotopic (exact) mass is 281 g/mol. The second kappa shape index (κ2) is 4.31. The molecule has 0 aliphatic heterocycles. The van der Waals surface area contributed by atoms with Crippen molar-refractivity contribution >= 4 is 33.2 Å². The van der Waals surface area contributed by atoms with Crippen LogP contribution in [0.2, 0.25) is 0 Å². The number of aromatic nitrogens is 3. The first-order valence-electron chi connectivity index (χ1n) is 4.38. The molecule has 2 heterocycles. The number of nitrogens with two attached hydrogens (primary N) is 1. The minimum absolute atomic E-state index is 0.240. The zero-order valence-corrected chi connectivity index (χ0v) is 9.65. The first-order chi connectivity index (χ1) is 7.68. The fourth-order valence-corrected chi connectivity index (χ4v) is 1.49. The van der Waals surface area contributed by atoms with Crippen molar-refractivity contribution in [3.05, 3.63) is 34.8 Å². The number of carbonyl (C=O) groups excluding carboxylic acids is 1. The summed E-state index contributed by atoms with van der Waals surface area (Å²) in [6.07, 6.45) is 4.55. The minimum Gasteiger partial charge on any atom is -0.396 e. The number of pyridine rings is 1. The molecule has 0 fully saturated rings. The molecule has 0 spiro atoms. The van der Waals surface area contributed by atoms with Crippen molar-refractivity contribution in [3.8, 4) is 0 Å². The Balaban J connectivity index is 2.21. The van der Waals surface area contributed by atoms with Gasteiger partial charge in [-0.05, 0) is 22.0 Å². The van der Waals surface area contributed by atoms with Gasteiger partial charge in [0.1, 0.15) is 5.69 Å². The highest BCUT2D eigenvalue weighted by Gasteiger charge is 2.12. The van der Waals surface area contributed by atoms with E-state index in [1.54, 1.807) is 18.5 Å². The summed E-state index contributed by atoms with van der Waals surface area (Å²) >= 11 is 3.27. The predicted octanol–water partition coefficient (Wildman–Crippen LogP) is 1.40. The third kappa shape index (κ3) is 2.03. The molecule has 0 atom stereocenters. The van der Waals surface area contributed by atoms with E-state index in [1.165, 1.54) is 6.20 Å². The van der Waals surface area contributed by atoms with Crippen LogP contribution in [-0.2, 0) is 0 Å². The molecule has 0 aliphatic rings. The lowest BCUT2D eigenvalue weighted by atomic mass is 10.3. The Morgan fingerprint density at radius 1 is 1.50 bits per heavy atom. The first-order valence-corrected chi connectivity index (χ1v) is 5.17. The Kier molecular flexibility index (Phi) is 2.86. The maximum atomic E-state index is 11.7. The molecule has 2 aromatic rings. The fraction of sp³-hybridized carbons (Fsp3) is 0. The largest absolute Gasteiger partial charge is 0.396 e. The van der Waals surface area contributed by atoms with E-state index in [9.17, 15) is 4.79 Å². The number of hydrogen-bond acceptors (Lipinski definition) is 4. The number of nitrogen functional groups attached to an aromatic ring is 1. The van der Waals surface area contributed by atoms with E-state index in [-0.39, 0.29) is 11.6 Å². The zero-order valence-electron chi connectivity index (χ0n) is 8.07. The molecule has 0 aliphatic carbocycles. The van der Waals surface area contributed by atoms with Gasteiger partial charge in [-0.3, -0.25) is 14.9 Å². The van der Waals surface area contributed by atoms with Gasteiger partial charge in [0.05, 0.1) is 22.0 Å². The van der Waals surface area contributed by atoms with Gasteiger partial charge in [-0.2, -0.15) is 5.10 Å². The second-order valence-corrected chi connectivity index (χ2v) is 3.86. The molecule has 0 saturated heterocycles. The van der Waals surface area contributed by atoms with Crippen molar-refractivity contribution in [2.75, 3.05) is 11.1 Å². The van der Waals surface area contributed by atoms with E-state index in [4.69, 9.17) is 5.73 Å². The molecule has 6 nitrogen and oxygen atoms in total. The van der Waals surface area contributed by atoms with Crippen LogP contribution < -0.4 is 11.1 Å². The Hall–Kier alpha value is -1.89. The summed E-state index contributed by atoms with van der Waals surface area (Å²) in [6.45, 7) is 0. The second-order valence-electron chi connectivity index (χ2n) is 3.01. The van der Waals surface area contributed by atoms with Gasteiger partial charge < -0.3 is 11.1 Å². The number of nitrogens with one attached hydrogen (secondary N) is 2. The minimum atomic E-state index is -0.345. The zero-order chi connectivity index (χ0) is 11.5. The average Bonchev–Trinajstić information content (AvgIpc) is 2.68. The molecule has 1 amide bonds. The number of hydrogen-bond donors (Lipinski definition) is 3. The van der Waals surface area contributed by atoms with Crippen molar-refractivity contribution in [2.24, 2.45) is 0 Å². The highest BCUT2D eigenvalue weighted by molar-refractivity contribution is 9.10. The smallest absolute Gasteiger partial charge is 0.275 e. The molecule has 0 unspecified atom stereocenters. The molecule has 7 heteroatoms. The highest BCUT2D eigenvalue weighted by Crippen LogP contribution is 2.21. The van der Waals surface area contributed by atoms with Crippen molar-refractivity contribution in [3.63, 3.8) is 0 Å². The van der Waals surface area contributed by atoms with Crippen LogP contribution >= 0.6 is 15.9 Å². The van der Waals surface area contributed by atoms with Gasteiger partial charge in [-0.1, -0.05) is 0 Å². The van der Waals surface area contributed by atoms with Crippen LogP contribution in [0.15, 0.2) is 29.1 Å². The molecular weight excluding hydrogens is 274 g/mol. The molecule has 82 valence electrons. The lowest BCUT2D eigenvalue weighted by Crippen LogP contribution is -2.14. The molecule has 4 N–H and O–H groups in total. The summed E-state index contributed by atoms with van der Waals surface area (Å²) < 4.78 is 0.696. The van der Waals surface area contributed by atoms with Crippen LogP contribution in [0.3, 0.4) is 0 Å². The van der Waals surface area contributed by atoms with Gasteiger partial charge in [0, 0.05) is 12.4 Å². The Morgan fingerprint density at radius 3 is 2.94 bits per heavy atom. The maximum Gasteiger partial charge on any atom is 0.275 e. The van der Waals surface area contributed by atoms with Crippen LogP contribution in [-0.4, -0.2) is 21.1 Å². The van der Waals surface area contributed by atoms with E-state index >= 15 is 0 Å². The van der Waals surface area contributed by atoms with E-state index in [0.29, 0.717) is 15.8 Å². The number of rotatable bonds is 2. The third-order valence-corrected chi connectivity index (χ3v) is 2.55. The molecule has 2 rings (SSSR count). The molecular formula is C9H8BrN5O. The molecule has 0 aromatic carbocycles. The number of amides is 1. The van der Waals surface area contributed by atoms with Crippen LogP contribution in [0.25, 0.3) is 0 Å². The van der Waals surface area contributed by atoms with Crippen molar-refractivity contribution in [1.29, 1.82) is 0 Å². The third-order valence-electron chi connectivity index (χ3n) is 1.92. The lowest BCUT2D eigenvalue weighted by molar-refractivity contribution is 0.102. The summed E-state index contributed by atoms with van der Waals surface area (Å²) in [4.78, 5) is 15.6. The van der Waals surface area contributed by atoms with Crippen molar-refractivity contribution in [1.82, 2.24) is 15.2 Å². The van der Waals surface area contributed by atoms with Gasteiger partial charge in [-0.25, -0.2) is 0 Å². The van der Waals surface area contributed by atoms with Gasteiger partial charge in [0.25, 0.3) is 5.91 Å². The van der Waals surface area contributed by atoms with E-state index in [1.807, 2.05) is 0 Å². The van der Waals surface area contributed by atoms with Crippen LogP contribution in [0, 0.1) is 0 Å². The quantitative estimate of drug-likeness (QED) is 0.775. The Labute approximate surface area is 99.4 Å². The average molecular weight is 282 g/mol. The van der Waals surface area contributed by atoms with E-state index < -0.39 is 0 Å². The highest BCUT2D eigenvalue weighted by atomic mass is 79.9. The number of anilines is 2. The summed E-state index contributed by atoms with van der Waals surface area (Å²) in [5.41, 5.74) is 6.72. The number of carbonyl (C=O) groups is 1. The summed E-state index contributed by atoms with van der Waals surface area (Å²) in [5.74, 6) is -0.345. The van der Waals surface area contributed by atoms with E-state index in [2.05, 4.69) is 36.4 Å². The fourth-order valence-electron chi connectivity index (χ4n) is 1.14. The standard InChI is InChI=1S/C9H8BrN5O/c10-5-3-12-2-1-7(5)14-9(16)8-6(11)4-13-15-8/h1-4H,11H2,(H,13,15)(H,12,14,16). The lowest BCUT2D eigenvalue weighted by Gasteiger charge is -2.05. The normalized spacial score (nSPS) is 10.1. The topological polar surface area (TPSA) is 96.7 Å². The van der Waals surface area contributed by atoms with Gasteiger partial charge in [0.15, 0.2) is 0 Å². The molecule has 0 bridgehead atoms. The Morgan fingerprint density at radius 2 is 2.31 bits per heavy atom. The SMILES string of the molecule is Nc1cn[nH]c1C(=O)Nc1ccncc1Br. The summed E-state index contributed by atoms with van der Waals surface area (Å²) in [7, 11) is 0. The maximum absolute atomic E-state index is 11.7. The number of H-pyrrole nitrogens is 1. The molecule has 16 heavy (non-hydrogen) atoms. The number of nitrogens with zero attached hydrogens (tertiary/aromatic N) is 2. The van der Waals surface area contributed by atoms with Gasteiger partial charge in [0.2, 0.25) is 0 Å².